The number of ketones is 1. The number of rotatable bonds is 8. The molecule has 0 saturated carbocycles. The van der Waals surface area contributed by atoms with E-state index in [0.717, 1.165) is 0 Å². The lowest BCUT2D eigenvalue weighted by atomic mass is 10.0. The zero-order chi connectivity index (χ0) is 15.8. The molecule has 0 aliphatic heterocycles. The highest BCUT2D eigenvalue weighted by molar-refractivity contribution is 6.07. The minimum absolute atomic E-state index is 0.145. The number of nitrogens with two attached hydrogens (primary N) is 2. The Hall–Kier alpha value is -2.21. The van der Waals surface area contributed by atoms with Crippen molar-refractivity contribution in [3.8, 4) is 0 Å². The minimum Gasteiger partial charge on any atom is -0.368 e. The van der Waals surface area contributed by atoms with Gasteiger partial charge in [0.05, 0.1) is 11.6 Å². The Morgan fingerprint density at radius 1 is 1.14 bits per heavy atom. The van der Waals surface area contributed by atoms with Gasteiger partial charge in [0, 0.05) is 12.1 Å². The predicted molar refractivity (Wildman–Crippen MR) is 79.8 cm³/mol. The number of hydrogen-bond acceptors (Lipinski definition) is 4. The van der Waals surface area contributed by atoms with Crippen molar-refractivity contribution < 1.29 is 14.4 Å². The summed E-state index contributed by atoms with van der Waals surface area (Å²) in [6, 6.07) is 6.04. The lowest BCUT2D eigenvalue weighted by molar-refractivity contribution is -0.119. The van der Waals surface area contributed by atoms with E-state index in [9.17, 15) is 14.4 Å². The number of carbonyl (C=O) groups is 3. The normalized spacial score (nSPS) is 11.7. The third-order valence-corrected chi connectivity index (χ3v) is 3.14. The van der Waals surface area contributed by atoms with Gasteiger partial charge in [-0.25, -0.2) is 0 Å². The molecule has 1 aromatic carbocycles. The fourth-order valence-corrected chi connectivity index (χ4v) is 1.92. The van der Waals surface area contributed by atoms with Crippen molar-refractivity contribution >= 4 is 17.6 Å². The molecule has 1 rings (SSSR count). The molecular formula is C15H21N3O3. The maximum absolute atomic E-state index is 12.0. The molecular weight excluding hydrogens is 270 g/mol. The van der Waals surface area contributed by atoms with Crippen molar-refractivity contribution in [1.29, 1.82) is 0 Å². The van der Waals surface area contributed by atoms with Gasteiger partial charge in [0.15, 0.2) is 5.78 Å². The van der Waals surface area contributed by atoms with E-state index in [4.69, 9.17) is 11.5 Å². The van der Waals surface area contributed by atoms with Gasteiger partial charge in [-0.3, -0.25) is 14.4 Å². The molecule has 6 heteroatoms. The van der Waals surface area contributed by atoms with E-state index in [1.54, 1.807) is 24.3 Å². The summed E-state index contributed by atoms with van der Waals surface area (Å²) in [4.78, 5) is 34.2. The largest absolute Gasteiger partial charge is 0.368 e. The Labute approximate surface area is 123 Å². The van der Waals surface area contributed by atoms with Gasteiger partial charge >= 0.3 is 0 Å². The topological polar surface area (TPSA) is 115 Å². The molecule has 1 atom stereocenters. The Morgan fingerprint density at radius 3 is 2.33 bits per heavy atom. The second-order valence-electron chi connectivity index (χ2n) is 4.86. The van der Waals surface area contributed by atoms with Gasteiger partial charge in [-0.15, -0.1) is 0 Å². The van der Waals surface area contributed by atoms with Crippen LogP contribution in [0.4, 0.5) is 0 Å². The fourth-order valence-electron chi connectivity index (χ4n) is 1.92. The van der Waals surface area contributed by atoms with Crippen molar-refractivity contribution in [2.24, 2.45) is 11.5 Å². The van der Waals surface area contributed by atoms with E-state index >= 15 is 0 Å². The van der Waals surface area contributed by atoms with Crippen LogP contribution in [0.3, 0.4) is 0 Å². The lowest BCUT2D eigenvalue weighted by Crippen LogP contribution is -2.36. The number of hydrogen-bond donors (Lipinski definition) is 3. The molecule has 0 bridgehead atoms. The van der Waals surface area contributed by atoms with Crippen LogP contribution in [-0.4, -0.2) is 30.2 Å². The SMILES string of the molecule is CC(=O)c1ccccc1C(=O)NCCCCC(N)C(N)=O. The third kappa shape index (κ3) is 5.35. The molecule has 0 aliphatic carbocycles. The molecule has 0 radical (unpaired) electrons. The van der Waals surface area contributed by atoms with Gasteiger partial charge in [0.25, 0.3) is 5.91 Å². The summed E-state index contributed by atoms with van der Waals surface area (Å²) in [6.07, 6.45) is 1.88. The Morgan fingerprint density at radius 2 is 1.76 bits per heavy atom. The summed E-state index contributed by atoms with van der Waals surface area (Å²) < 4.78 is 0. The third-order valence-electron chi connectivity index (χ3n) is 3.14. The molecule has 114 valence electrons. The summed E-state index contributed by atoms with van der Waals surface area (Å²) in [7, 11) is 0. The Bertz CT molecular complexity index is 529. The molecule has 0 aliphatic rings. The van der Waals surface area contributed by atoms with Crippen LogP contribution >= 0.6 is 0 Å². The van der Waals surface area contributed by atoms with Gasteiger partial charge in [-0.1, -0.05) is 18.2 Å². The first-order valence-electron chi connectivity index (χ1n) is 6.86. The standard InChI is InChI=1S/C15H21N3O3/c1-10(19)11-6-2-3-7-12(11)15(21)18-9-5-4-8-13(16)14(17)20/h2-3,6-7,13H,4-5,8-9,16H2,1H3,(H2,17,20)(H,18,21). The number of carbonyl (C=O) groups excluding carboxylic acids is 3. The molecule has 0 spiro atoms. The maximum atomic E-state index is 12.0. The molecule has 0 heterocycles. The number of primary amides is 1. The van der Waals surface area contributed by atoms with E-state index in [1.165, 1.54) is 6.92 Å². The zero-order valence-electron chi connectivity index (χ0n) is 12.1. The molecule has 2 amide bonds. The molecule has 0 aromatic heterocycles. The second-order valence-corrected chi connectivity index (χ2v) is 4.86. The van der Waals surface area contributed by atoms with Crippen LogP contribution in [-0.2, 0) is 4.79 Å². The summed E-state index contributed by atoms with van der Waals surface area (Å²) in [5.41, 5.74) is 11.3. The second kappa shape index (κ2) is 8.16. The van der Waals surface area contributed by atoms with Crippen molar-refractivity contribution in [3.05, 3.63) is 35.4 Å². The number of unbranched alkanes of at least 4 members (excludes halogenated alkanes) is 1. The van der Waals surface area contributed by atoms with Crippen LogP contribution in [0.5, 0.6) is 0 Å². The molecule has 0 fully saturated rings. The number of amides is 2. The quantitative estimate of drug-likeness (QED) is 0.480. The highest BCUT2D eigenvalue weighted by atomic mass is 16.2. The smallest absolute Gasteiger partial charge is 0.252 e. The number of nitrogens with one attached hydrogen (secondary N) is 1. The molecule has 5 N–H and O–H groups in total. The van der Waals surface area contributed by atoms with Crippen molar-refractivity contribution in [3.63, 3.8) is 0 Å². The average Bonchev–Trinajstić information content (AvgIpc) is 2.46. The van der Waals surface area contributed by atoms with E-state index in [-0.39, 0.29) is 11.7 Å². The summed E-state index contributed by atoms with van der Waals surface area (Å²) in [6.45, 7) is 1.88. The van der Waals surface area contributed by atoms with Crippen LogP contribution in [0.25, 0.3) is 0 Å². The van der Waals surface area contributed by atoms with E-state index in [0.29, 0.717) is 36.9 Å². The highest BCUT2D eigenvalue weighted by Gasteiger charge is 2.13. The van der Waals surface area contributed by atoms with Crippen molar-refractivity contribution in [2.45, 2.75) is 32.2 Å². The van der Waals surface area contributed by atoms with Crippen molar-refractivity contribution in [1.82, 2.24) is 5.32 Å². The molecule has 6 nitrogen and oxygen atoms in total. The zero-order valence-corrected chi connectivity index (χ0v) is 12.1. The average molecular weight is 291 g/mol. The first-order valence-corrected chi connectivity index (χ1v) is 6.86. The van der Waals surface area contributed by atoms with Crippen molar-refractivity contribution in [2.75, 3.05) is 6.54 Å². The minimum atomic E-state index is -0.640. The maximum Gasteiger partial charge on any atom is 0.252 e. The van der Waals surface area contributed by atoms with Gasteiger partial charge in [-0.2, -0.15) is 0 Å². The first kappa shape index (κ1) is 16.8. The van der Waals surface area contributed by atoms with E-state index in [1.807, 2.05) is 0 Å². The molecule has 0 saturated heterocycles. The number of benzene rings is 1. The summed E-state index contributed by atoms with van der Waals surface area (Å²) >= 11 is 0. The van der Waals surface area contributed by atoms with E-state index < -0.39 is 11.9 Å². The van der Waals surface area contributed by atoms with Crippen LogP contribution < -0.4 is 16.8 Å². The van der Waals surface area contributed by atoms with Gasteiger partial charge in [-0.05, 0) is 32.3 Å². The lowest BCUT2D eigenvalue weighted by Gasteiger charge is -2.09. The Balaban J connectivity index is 2.41. The monoisotopic (exact) mass is 291 g/mol. The highest BCUT2D eigenvalue weighted by Crippen LogP contribution is 2.09. The van der Waals surface area contributed by atoms with Gasteiger partial charge < -0.3 is 16.8 Å². The molecule has 1 aromatic rings. The first-order chi connectivity index (χ1) is 9.93. The van der Waals surface area contributed by atoms with Crippen LogP contribution in [0.1, 0.15) is 46.9 Å². The number of Topliss-reactive ketones (excluding diaryl/α,β-unsaturated/α-hetero) is 1. The van der Waals surface area contributed by atoms with Crippen LogP contribution in [0.2, 0.25) is 0 Å². The van der Waals surface area contributed by atoms with Gasteiger partial charge in [0.2, 0.25) is 5.91 Å². The fraction of sp³-hybridized carbons (Fsp3) is 0.400. The van der Waals surface area contributed by atoms with Crippen LogP contribution in [0, 0.1) is 0 Å². The molecule has 21 heavy (non-hydrogen) atoms. The predicted octanol–water partition coefficient (Wildman–Crippen LogP) is 0.602. The van der Waals surface area contributed by atoms with Crippen LogP contribution in [0.15, 0.2) is 24.3 Å². The summed E-state index contributed by atoms with van der Waals surface area (Å²) in [5, 5.41) is 2.75. The molecule has 1 unspecified atom stereocenters. The van der Waals surface area contributed by atoms with E-state index in [2.05, 4.69) is 5.32 Å². The Kier molecular flexibility index (Phi) is 6.55. The van der Waals surface area contributed by atoms with Gasteiger partial charge in [0.1, 0.15) is 0 Å². The summed E-state index contributed by atoms with van der Waals surface area (Å²) in [5.74, 6) is -0.942.